The van der Waals surface area contributed by atoms with Gasteiger partial charge in [0.25, 0.3) is 0 Å². The highest BCUT2D eigenvalue weighted by Gasteiger charge is 2.18. The van der Waals surface area contributed by atoms with E-state index in [1.165, 1.54) is 44.3 Å². The maximum Gasteiger partial charge on any atom is 0.341 e. The van der Waals surface area contributed by atoms with E-state index < -0.39 is 29.8 Å². The lowest BCUT2D eigenvalue weighted by Crippen LogP contribution is -2.16. The van der Waals surface area contributed by atoms with Crippen molar-refractivity contribution in [1.29, 1.82) is 0 Å². The first-order chi connectivity index (χ1) is 20.7. The number of para-hydroxylation sites is 2. The molecular formula is C32H33NO10. The van der Waals surface area contributed by atoms with Gasteiger partial charge in [-0.15, -0.1) is 0 Å². The summed E-state index contributed by atoms with van der Waals surface area (Å²) in [7, 11) is 0. The van der Waals surface area contributed by atoms with Crippen molar-refractivity contribution >= 4 is 29.8 Å². The van der Waals surface area contributed by atoms with E-state index in [2.05, 4.69) is 4.98 Å². The van der Waals surface area contributed by atoms with E-state index in [9.17, 15) is 24.0 Å². The highest BCUT2D eigenvalue weighted by Crippen LogP contribution is 2.22. The summed E-state index contributed by atoms with van der Waals surface area (Å²) in [6.07, 6.45) is 4.93. The zero-order valence-electron chi connectivity index (χ0n) is 24.0. The summed E-state index contributed by atoms with van der Waals surface area (Å²) in [4.78, 5) is 64.2. The molecule has 3 rings (SSSR count). The Balaban J connectivity index is 1.54. The summed E-state index contributed by atoms with van der Waals surface area (Å²) in [5.41, 5.74) is 0.596. The number of ether oxygens (including phenoxy) is 5. The Bertz CT molecular complexity index is 1410. The molecule has 0 bridgehead atoms. The van der Waals surface area contributed by atoms with E-state index in [0.29, 0.717) is 31.2 Å². The molecule has 0 spiro atoms. The molecule has 0 fully saturated rings. The summed E-state index contributed by atoms with van der Waals surface area (Å²) >= 11 is 0. The van der Waals surface area contributed by atoms with Gasteiger partial charge in [0.15, 0.2) is 0 Å². The molecule has 2 aromatic carbocycles. The molecule has 43 heavy (non-hydrogen) atoms. The summed E-state index contributed by atoms with van der Waals surface area (Å²) in [5, 5.41) is 0. The largest absolute Gasteiger partial charge is 0.462 e. The minimum absolute atomic E-state index is 0.0507. The molecule has 0 saturated heterocycles. The molecule has 1 atom stereocenters. The monoisotopic (exact) mass is 591 g/mol. The molecule has 0 aliphatic heterocycles. The number of esters is 5. The first-order valence-corrected chi connectivity index (χ1v) is 13.7. The zero-order valence-corrected chi connectivity index (χ0v) is 24.0. The quantitative estimate of drug-likeness (QED) is 0.102. The lowest BCUT2D eigenvalue weighted by atomic mass is 9.96. The Hall–Kier alpha value is -5.06. The third-order valence-corrected chi connectivity index (χ3v) is 6.13. The molecule has 0 aliphatic rings. The molecule has 11 nitrogen and oxygen atoms in total. The van der Waals surface area contributed by atoms with Crippen LogP contribution in [0, 0.1) is 5.92 Å². The van der Waals surface area contributed by atoms with Crippen LogP contribution in [0.1, 0.15) is 70.6 Å². The van der Waals surface area contributed by atoms with Crippen LogP contribution in [0.4, 0.5) is 0 Å². The van der Waals surface area contributed by atoms with E-state index in [4.69, 9.17) is 23.7 Å². The Labute approximate surface area is 249 Å². The van der Waals surface area contributed by atoms with Crippen LogP contribution in [-0.4, -0.2) is 54.7 Å². The molecule has 226 valence electrons. The van der Waals surface area contributed by atoms with Crippen molar-refractivity contribution in [2.75, 3.05) is 19.8 Å². The fourth-order valence-electron chi connectivity index (χ4n) is 4.09. The van der Waals surface area contributed by atoms with Gasteiger partial charge in [0.05, 0.1) is 25.4 Å². The molecule has 3 aromatic rings. The van der Waals surface area contributed by atoms with Gasteiger partial charge in [0.2, 0.25) is 0 Å². The molecule has 1 unspecified atom stereocenters. The van der Waals surface area contributed by atoms with Gasteiger partial charge in [-0.2, -0.15) is 0 Å². The normalized spacial score (nSPS) is 11.1. The summed E-state index contributed by atoms with van der Waals surface area (Å²) in [6.45, 7) is 2.76. The zero-order chi connectivity index (χ0) is 31.0. The average molecular weight is 592 g/mol. The van der Waals surface area contributed by atoms with Crippen LogP contribution in [0.5, 0.6) is 11.5 Å². The van der Waals surface area contributed by atoms with E-state index in [0.717, 1.165) is 0 Å². The maximum atomic E-state index is 12.7. The summed E-state index contributed by atoms with van der Waals surface area (Å²) in [5.74, 6) is -2.70. The van der Waals surface area contributed by atoms with Crippen LogP contribution in [0.3, 0.4) is 0 Å². The van der Waals surface area contributed by atoms with Crippen molar-refractivity contribution in [2.24, 2.45) is 5.92 Å². The van der Waals surface area contributed by atoms with Crippen molar-refractivity contribution in [2.45, 2.75) is 39.5 Å². The van der Waals surface area contributed by atoms with Crippen molar-refractivity contribution in [3.05, 3.63) is 89.7 Å². The van der Waals surface area contributed by atoms with Crippen molar-refractivity contribution in [3.63, 3.8) is 0 Å². The van der Waals surface area contributed by atoms with Crippen molar-refractivity contribution in [1.82, 2.24) is 4.98 Å². The van der Waals surface area contributed by atoms with Gasteiger partial charge < -0.3 is 23.7 Å². The fourth-order valence-corrected chi connectivity index (χ4v) is 4.09. The standard InChI is InChI=1S/C32H33NO10/c1-22(34)42-28-13-5-3-11-26(28)31(37)39-18-8-9-24(15-19-40-30(36)25-10-7-17-33-21-25)16-20-41-32(38)27-12-4-6-14-29(27)43-23(2)35/h3-7,10-14,17,21,24H,8-9,15-16,18-20H2,1-2H3. The number of hydrogen-bond acceptors (Lipinski definition) is 11. The van der Waals surface area contributed by atoms with E-state index >= 15 is 0 Å². The molecule has 0 amide bonds. The molecule has 0 radical (unpaired) electrons. The third-order valence-electron chi connectivity index (χ3n) is 6.13. The van der Waals surface area contributed by atoms with Crippen LogP contribution >= 0.6 is 0 Å². The average Bonchev–Trinajstić information content (AvgIpc) is 2.99. The Morgan fingerprint density at radius 1 is 0.628 bits per heavy atom. The number of nitrogens with zero attached hydrogens (tertiary/aromatic N) is 1. The van der Waals surface area contributed by atoms with Crippen molar-refractivity contribution in [3.8, 4) is 11.5 Å². The number of carbonyl (C=O) groups is 5. The lowest BCUT2D eigenvalue weighted by molar-refractivity contribution is -0.132. The van der Waals surface area contributed by atoms with Crippen LogP contribution in [0.25, 0.3) is 0 Å². The molecule has 1 aromatic heterocycles. The molecule has 11 heteroatoms. The van der Waals surface area contributed by atoms with E-state index in [-0.39, 0.29) is 48.4 Å². The smallest absolute Gasteiger partial charge is 0.341 e. The highest BCUT2D eigenvalue weighted by atomic mass is 16.6. The van der Waals surface area contributed by atoms with Gasteiger partial charge in [-0.1, -0.05) is 24.3 Å². The number of rotatable bonds is 15. The SMILES string of the molecule is CC(=O)Oc1ccccc1C(=O)OCCCC(CCOC(=O)c1cccnc1)CCOC(=O)c1ccccc1OC(C)=O. The second-order valence-electron chi connectivity index (χ2n) is 9.41. The van der Waals surface area contributed by atoms with Gasteiger partial charge in [-0.25, -0.2) is 14.4 Å². The first kappa shape index (κ1) is 32.5. The number of carbonyl (C=O) groups excluding carboxylic acids is 5. The Kier molecular flexibility index (Phi) is 12.8. The maximum absolute atomic E-state index is 12.7. The van der Waals surface area contributed by atoms with Gasteiger partial charge in [-0.05, 0) is 68.0 Å². The van der Waals surface area contributed by atoms with E-state index in [1.807, 2.05) is 0 Å². The summed E-state index contributed by atoms with van der Waals surface area (Å²) < 4.78 is 26.4. The lowest BCUT2D eigenvalue weighted by Gasteiger charge is -2.17. The number of aromatic nitrogens is 1. The fraction of sp³-hybridized carbons (Fsp3) is 0.312. The number of hydrogen-bond donors (Lipinski definition) is 0. The van der Waals surface area contributed by atoms with Crippen LogP contribution < -0.4 is 9.47 Å². The highest BCUT2D eigenvalue weighted by molar-refractivity contribution is 5.94. The Morgan fingerprint density at radius 2 is 1.14 bits per heavy atom. The number of pyridine rings is 1. The molecule has 0 N–H and O–H groups in total. The molecule has 0 aliphatic carbocycles. The second-order valence-corrected chi connectivity index (χ2v) is 9.41. The topological polar surface area (TPSA) is 144 Å². The Morgan fingerprint density at radius 3 is 1.65 bits per heavy atom. The van der Waals surface area contributed by atoms with Crippen LogP contribution in [-0.2, 0) is 23.8 Å². The third kappa shape index (κ3) is 11.0. The minimum atomic E-state index is -0.640. The first-order valence-electron chi connectivity index (χ1n) is 13.7. The van der Waals surface area contributed by atoms with Crippen LogP contribution in [0.15, 0.2) is 73.1 Å². The number of benzene rings is 2. The molecule has 1 heterocycles. The molecule has 0 saturated carbocycles. The predicted molar refractivity (Wildman–Crippen MR) is 153 cm³/mol. The second kappa shape index (κ2) is 17.0. The van der Waals surface area contributed by atoms with Gasteiger partial charge in [-0.3, -0.25) is 14.6 Å². The van der Waals surface area contributed by atoms with Crippen molar-refractivity contribution < 1.29 is 47.7 Å². The summed E-state index contributed by atoms with van der Waals surface area (Å²) in [6, 6.07) is 15.8. The van der Waals surface area contributed by atoms with E-state index in [1.54, 1.807) is 42.6 Å². The minimum Gasteiger partial charge on any atom is -0.462 e. The van der Waals surface area contributed by atoms with Crippen LogP contribution in [0.2, 0.25) is 0 Å². The molecular weight excluding hydrogens is 558 g/mol. The van der Waals surface area contributed by atoms with Gasteiger partial charge in [0.1, 0.15) is 22.6 Å². The van der Waals surface area contributed by atoms with Gasteiger partial charge >= 0.3 is 29.8 Å². The predicted octanol–water partition coefficient (Wildman–Crippen LogP) is 4.98. The van der Waals surface area contributed by atoms with Gasteiger partial charge in [0, 0.05) is 26.2 Å².